The molecule has 0 aromatic rings. The molecule has 0 unspecified atom stereocenters. The Morgan fingerprint density at radius 1 is 1.00 bits per heavy atom. The predicted octanol–water partition coefficient (Wildman–Crippen LogP) is 4.29. The zero-order valence-corrected chi connectivity index (χ0v) is 12.5. The van der Waals surface area contributed by atoms with E-state index in [4.69, 9.17) is 0 Å². The number of hydrogen-bond acceptors (Lipinski definition) is 3. The van der Waals surface area contributed by atoms with Crippen LogP contribution in [-0.4, -0.2) is 36.0 Å². The first-order chi connectivity index (χ1) is 7.86. The van der Waals surface area contributed by atoms with Crippen molar-refractivity contribution >= 4 is 21.6 Å². The van der Waals surface area contributed by atoms with Crippen LogP contribution in [0.2, 0.25) is 0 Å². The fraction of sp³-hybridized carbons (Fsp3) is 1.00. The molecular weight excluding hydrogens is 234 g/mol. The first-order valence-electron chi connectivity index (χ1n) is 6.83. The van der Waals surface area contributed by atoms with Gasteiger partial charge in [0.25, 0.3) is 0 Å². The van der Waals surface area contributed by atoms with Crippen LogP contribution in [0.3, 0.4) is 0 Å². The van der Waals surface area contributed by atoms with Gasteiger partial charge in [-0.2, -0.15) is 0 Å². The summed E-state index contributed by atoms with van der Waals surface area (Å²) in [6.07, 6.45) is 7.02. The normalized spacial score (nSPS) is 19.1. The van der Waals surface area contributed by atoms with E-state index in [-0.39, 0.29) is 0 Å². The summed E-state index contributed by atoms with van der Waals surface area (Å²) < 4.78 is 0. The highest BCUT2D eigenvalue weighted by atomic mass is 33.1. The van der Waals surface area contributed by atoms with Crippen LogP contribution in [0.4, 0.5) is 0 Å². The Morgan fingerprint density at radius 2 is 1.69 bits per heavy atom. The van der Waals surface area contributed by atoms with Crippen LogP contribution < -0.4 is 0 Å². The van der Waals surface area contributed by atoms with Crippen LogP contribution in [0.25, 0.3) is 0 Å². The van der Waals surface area contributed by atoms with Crippen molar-refractivity contribution in [2.24, 2.45) is 5.92 Å². The minimum absolute atomic E-state index is 1.03. The third-order valence-corrected chi connectivity index (χ3v) is 5.86. The molecule has 0 aromatic carbocycles. The van der Waals surface area contributed by atoms with Crippen molar-refractivity contribution in [3.8, 4) is 0 Å². The van der Waals surface area contributed by atoms with Gasteiger partial charge < -0.3 is 4.90 Å². The maximum Gasteiger partial charge on any atom is 0.0165 e. The number of hydrogen-bond donors (Lipinski definition) is 0. The van der Waals surface area contributed by atoms with Gasteiger partial charge >= 0.3 is 0 Å². The van der Waals surface area contributed by atoms with E-state index in [9.17, 15) is 0 Å². The number of rotatable bonds is 8. The molecule has 0 aromatic heterocycles. The molecule has 16 heavy (non-hydrogen) atoms. The molecule has 3 heteroatoms. The molecule has 0 bridgehead atoms. The summed E-state index contributed by atoms with van der Waals surface area (Å²) in [4.78, 5) is 2.66. The lowest BCUT2D eigenvalue weighted by Gasteiger charge is -2.31. The van der Waals surface area contributed by atoms with E-state index in [2.05, 4.69) is 29.5 Å². The Balaban J connectivity index is 1.95. The molecule has 0 amide bonds. The maximum atomic E-state index is 2.66. The molecule has 0 radical (unpaired) electrons. The summed E-state index contributed by atoms with van der Waals surface area (Å²) in [7, 11) is 4.10. The van der Waals surface area contributed by atoms with Gasteiger partial charge in [0.15, 0.2) is 0 Å². The van der Waals surface area contributed by atoms with E-state index in [1.54, 1.807) is 0 Å². The predicted molar refractivity (Wildman–Crippen MR) is 79.3 cm³/mol. The van der Waals surface area contributed by atoms with Crippen molar-refractivity contribution in [1.82, 2.24) is 4.90 Å². The van der Waals surface area contributed by atoms with Gasteiger partial charge in [-0.3, -0.25) is 0 Å². The van der Waals surface area contributed by atoms with E-state index >= 15 is 0 Å². The molecule has 1 nitrogen and oxygen atoms in total. The number of piperidine rings is 1. The Morgan fingerprint density at radius 3 is 2.31 bits per heavy atom. The van der Waals surface area contributed by atoms with Gasteiger partial charge in [-0.15, -0.1) is 0 Å². The Bertz CT molecular complexity index is 156. The van der Waals surface area contributed by atoms with Crippen molar-refractivity contribution in [1.29, 1.82) is 0 Å². The van der Waals surface area contributed by atoms with Gasteiger partial charge in [-0.1, -0.05) is 48.3 Å². The van der Waals surface area contributed by atoms with Gasteiger partial charge in [-0.25, -0.2) is 0 Å². The molecule has 0 atom stereocenters. The molecule has 1 aliphatic rings. The molecular formula is C13H27NS2. The van der Waals surface area contributed by atoms with E-state index < -0.39 is 0 Å². The Hall–Kier alpha value is 0.660. The highest BCUT2D eigenvalue weighted by Gasteiger charge is 2.17. The summed E-state index contributed by atoms with van der Waals surface area (Å²) in [6.45, 7) is 8.58. The summed E-state index contributed by atoms with van der Waals surface area (Å²) >= 11 is 0. The van der Waals surface area contributed by atoms with E-state index in [0.29, 0.717) is 0 Å². The van der Waals surface area contributed by atoms with Crippen LogP contribution in [0.15, 0.2) is 0 Å². The first-order valence-corrected chi connectivity index (χ1v) is 9.32. The van der Waals surface area contributed by atoms with Crippen LogP contribution in [0.1, 0.15) is 46.0 Å². The van der Waals surface area contributed by atoms with Gasteiger partial charge in [0, 0.05) is 18.1 Å². The lowest BCUT2D eigenvalue weighted by Crippen LogP contribution is -2.35. The number of nitrogens with zero attached hydrogens (tertiary/aromatic N) is 1. The summed E-state index contributed by atoms with van der Waals surface area (Å²) in [6, 6.07) is 0. The average Bonchev–Trinajstić information content (AvgIpc) is 2.31. The summed E-state index contributed by atoms with van der Waals surface area (Å²) in [5.41, 5.74) is 0. The monoisotopic (exact) mass is 261 g/mol. The molecule has 0 aliphatic carbocycles. The van der Waals surface area contributed by atoms with Crippen LogP contribution in [0.5, 0.6) is 0 Å². The zero-order valence-electron chi connectivity index (χ0n) is 10.9. The maximum absolute atomic E-state index is 2.66. The van der Waals surface area contributed by atoms with Crippen molar-refractivity contribution in [2.45, 2.75) is 46.0 Å². The second-order valence-corrected chi connectivity index (χ2v) is 7.42. The SMILES string of the molecule is CCCSSCCN1CCC(CCC)CC1. The minimum Gasteiger partial charge on any atom is -0.302 e. The molecule has 1 fully saturated rings. The van der Waals surface area contributed by atoms with Crippen molar-refractivity contribution in [2.75, 3.05) is 31.1 Å². The van der Waals surface area contributed by atoms with E-state index in [1.807, 2.05) is 10.8 Å². The van der Waals surface area contributed by atoms with Gasteiger partial charge in [0.2, 0.25) is 0 Å². The van der Waals surface area contributed by atoms with Crippen LogP contribution >= 0.6 is 21.6 Å². The molecule has 0 spiro atoms. The van der Waals surface area contributed by atoms with Crippen LogP contribution in [0, 0.1) is 5.92 Å². The molecule has 1 saturated heterocycles. The molecule has 0 saturated carbocycles. The van der Waals surface area contributed by atoms with E-state index in [1.165, 1.54) is 63.2 Å². The fourth-order valence-electron chi connectivity index (χ4n) is 2.27. The topological polar surface area (TPSA) is 3.24 Å². The van der Waals surface area contributed by atoms with Crippen molar-refractivity contribution < 1.29 is 0 Å². The smallest absolute Gasteiger partial charge is 0.0165 e. The number of likely N-dealkylation sites (tertiary alicyclic amines) is 1. The third kappa shape index (κ3) is 6.41. The first kappa shape index (κ1) is 14.7. The van der Waals surface area contributed by atoms with Gasteiger partial charge in [0.1, 0.15) is 0 Å². The largest absolute Gasteiger partial charge is 0.302 e. The highest BCUT2D eigenvalue weighted by molar-refractivity contribution is 8.76. The summed E-state index contributed by atoms with van der Waals surface area (Å²) in [5, 5.41) is 0. The van der Waals surface area contributed by atoms with Gasteiger partial charge in [-0.05, 0) is 38.3 Å². The third-order valence-electron chi connectivity index (χ3n) is 3.27. The molecule has 1 aliphatic heterocycles. The Kier molecular flexibility index (Phi) is 8.89. The molecule has 0 N–H and O–H groups in total. The quantitative estimate of drug-likeness (QED) is 0.474. The highest BCUT2D eigenvalue weighted by Crippen LogP contribution is 2.24. The average molecular weight is 261 g/mol. The minimum atomic E-state index is 1.03. The standard InChI is InChI=1S/C13H27NS2/c1-3-5-13-6-8-14(9-7-13)10-12-16-15-11-4-2/h13H,3-12H2,1-2H3. The zero-order chi connectivity index (χ0) is 11.6. The van der Waals surface area contributed by atoms with Crippen LogP contribution in [-0.2, 0) is 0 Å². The molecule has 1 heterocycles. The molecule has 1 rings (SSSR count). The fourth-order valence-corrected chi connectivity index (χ4v) is 4.44. The summed E-state index contributed by atoms with van der Waals surface area (Å²) in [5.74, 6) is 3.65. The van der Waals surface area contributed by atoms with Gasteiger partial charge in [0.05, 0.1) is 0 Å². The molecule has 96 valence electrons. The lowest BCUT2D eigenvalue weighted by atomic mass is 9.93. The van der Waals surface area contributed by atoms with Crippen molar-refractivity contribution in [3.05, 3.63) is 0 Å². The van der Waals surface area contributed by atoms with E-state index in [0.717, 1.165) is 5.92 Å². The van der Waals surface area contributed by atoms with Crippen molar-refractivity contribution in [3.63, 3.8) is 0 Å². The Labute approximate surface area is 110 Å². The lowest BCUT2D eigenvalue weighted by molar-refractivity contribution is 0.187. The second-order valence-electron chi connectivity index (χ2n) is 4.72. The second kappa shape index (κ2) is 9.67.